The predicted octanol–water partition coefficient (Wildman–Crippen LogP) is 2.06. The van der Waals surface area contributed by atoms with Crippen molar-refractivity contribution < 1.29 is 23.3 Å². The van der Waals surface area contributed by atoms with Crippen molar-refractivity contribution in [2.45, 2.75) is 12.8 Å². The lowest BCUT2D eigenvalue weighted by atomic mass is 10.1. The monoisotopic (exact) mass is 375 g/mol. The Balaban J connectivity index is 1.93. The number of carbonyl (C=O) groups excluding carboxylic acids is 2. The molecule has 2 amide bonds. The van der Waals surface area contributed by atoms with Crippen LogP contribution in [0.1, 0.15) is 11.1 Å². The number of hydrogen-bond donors (Lipinski definition) is 2. The van der Waals surface area contributed by atoms with Gasteiger partial charge in [-0.3, -0.25) is 4.79 Å². The molecule has 0 aromatic heterocycles. The number of nitrogens with one attached hydrogen (secondary N) is 2. The summed E-state index contributed by atoms with van der Waals surface area (Å²) in [6.45, 7) is 0. The van der Waals surface area contributed by atoms with Crippen LogP contribution in [0, 0.1) is 21.7 Å². The minimum Gasteiger partial charge on any atom is -0.358 e. The lowest BCUT2D eigenvalue weighted by Crippen LogP contribution is -2.31. The van der Waals surface area contributed by atoms with Gasteiger partial charge in [0.15, 0.2) is 0 Å². The largest absolute Gasteiger partial charge is 0.358 e. The van der Waals surface area contributed by atoms with Gasteiger partial charge in [0, 0.05) is 0 Å². The highest BCUT2D eigenvalue weighted by atomic mass is 19.1. The fourth-order valence-electron chi connectivity index (χ4n) is 2.10. The van der Waals surface area contributed by atoms with E-state index in [0.717, 1.165) is 6.20 Å². The highest BCUT2D eigenvalue weighted by molar-refractivity contribution is 5.81. The number of amides is 2. The first-order valence-electron chi connectivity index (χ1n) is 7.76. The minimum atomic E-state index is -0.860. The number of halogens is 2. The van der Waals surface area contributed by atoms with E-state index in [0.29, 0.717) is 11.1 Å². The van der Waals surface area contributed by atoms with Crippen LogP contribution in [-0.2, 0) is 22.4 Å². The predicted molar refractivity (Wildman–Crippen MR) is 91.6 cm³/mol. The first-order valence-corrected chi connectivity index (χ1v) is 7.76. The molecule has 0 aliphatic carbocycles. The molecular weight excluding hydrogens is 360 g/mol. The fourth-order valence-corrected chi connectivity index (χ4v) is 2.10. The van der Waals surface area contributed by atoms with Crippen LogP contribution in [0.25, 0.3) is 0 Å². The van der Waals surface area contributed by atoms with Crippen LogP contribution in [0.15, 0.2) is 60.6 Å². The van der Waals surface area contributed by atoms with Gasteiger partial charge in [-0.1, -0.05) is 24.3 Å². The molecule has 2 aromatic rings. The summed E-state index contributed by atoms with van der Waals surface area (Å²) in [5.41, 5.74) is 0.988. The quantitative estimate of drug-likeness (QED) is 0.571. The van der Waals surface area contributed by atoms with E-state index in [-0.39, 0.29) is 12.8 Å². The second-order valence-electron chi connectivity index (χ2n) is 5.51. The number of carbonyl (C=O) groups is 2. The van der Waals surface area contributed by atoms with Crippen molar-refractivity contribution in [2.75, 3.05) is 0 Å². The molecule has 2 aromatic carbocycles. The average molecular weight is 375 g/mol. The molecule has 0 spiro atoms. The smallest absolute Gasteiger partial charge is 0.339 e. The summed E-state index contributed by atoms with van der Waals surface area (Å²) in [6.07, 6.45) is 0.453. The molecule has 0 atom stereocenters. The van der Waals surface area contributed by atoms with E-state index in [1.807, 2.05) is 0 Å². The average Bonchev–Trinajstić information content (AvgIpc) is 2.62. The second-order valence-corrected chi connectivity index (χ2v) is 5.51. The standard InChI is InChI=1S/C18H15F2N3O4/c19-14-5-1-12(2-6-14)9-17(24)21-11-16(23(26)27)22-18(25)10-13-3-7-15(20)8-4-13/h1-8,11H,9-10H2,(H,21,24)(H,22,25). The van der Waals surface area contributed by atoms with Gasteiger partial charge in [0.1, 0.15) is 11.6 Å². The molecule has 0 aliphatic heterocycles. The SMILES string of the molecule is O=C(Cc1ccc(F)cc1)NC=C(NC(=O)Cc1ccc(F)cc1)[N+](=O)[O-]. The number of nitro groups is 1. The van der Waals surface area contributed by atoms with E-state index < -0.39 is 34.2 Å². The number of rotatable bonds is 7. The third kappa shape index (κ3) is 6.65. The topological polar surface area (TPSA) is 101 Å². The van der Waals surface area contributed by atoms with Crippen LogP contribution in [0.5, 0.6) is 0 Å². The molecule has 9 heteroatoms. The van der Waals surface area contributed by atoms with Crippen LogP contribution in [0.3, 0.4) is 0 Å². The zero-order valence-electron chi connectivity index (χ0n) is 13.9. The summed E-state index contributed by atoms with van der Waals surface area (Å²) in [5, 5.41) is 15.3. The Morgan fingerprint density at radius 3 is 1.78 bits per heavy atom. The maximum absolute atomic E-state index is 12.8. The summed E-state index contributed by atoms with van der Waals surface area (Å²) >= 11 is 0. The number of nitrogens with zero attached hydrogens (tertiary/aromatic N) is 1. The van der Waals surface area contributed by atoms with Gasteiger partial charge in [0.25, 0.3) is 0 Å². The van der Waals surface area contributed by atoms with Gasteiger partial charge in [-0.05, 0) is 40.3 Å². The Bertz CT molecular complexity index is 865. The third-order valence-corrected chi connectivity index (χ3v) is 3.39. The molecule has 0 heterocycles. The van der Waals surface area contributed by atoms with Crippen molar-refractivity contribution >= 4 is 11.8 Å². The van der Waals surface area contributed by atoms with Gasteiger partial charge in [-0.25, -0.2) is 18.9 Å². The summed E-state index contributed by atoms with van der Waals surface area (Å²) in [5.74, 6) is -2.90. The Labute approximate surface area is 152 Å². The fraction of sp³-hybridized carbons (Fsp3) is 0.111. The summed E-state index contributed by atoms with van der Waals surface area (Å²) in [7, 11) is 0. The first-order chi connectivity index (χ1) is 12.8. The molecule has 0 fully saturated rings. The molecule has 0 aliphatic rings. The van der Waals surface area contributed by atoms with Crippen LogP contribution in [-0.4, -0.2) is 16.7 Å². The van der Waals surface area contributed by atoms with Crippen LogP contribution < -0.4 is 10.6 Å². The van der Waals surface area contributed by atoms with Crippen molar-refractivity contribution in [1.29, 1.82) is 0 Å². The highest BCUT2D eigenvalue weighted by Gasteiger charge is 2.16. The van der Waals surface area contributed by atoms with E-state index in [4.69, 9.17) is 0 Å². The van der Waals surface area contributed by atoms with Gasteiger partial charge in [0.2, 0.25) is 5.91 Å². The van der Waals surface area contributed by atoms with Gasteiger partial charge in [-0.15, -0.1) is 0 Å². The second kappa shape index (κ2) is 9.18. The molecule has 0 unspecified atom stereocenters. The summed E-state index contributed by atoms with van der Waals surface area (Å²) in [4.78, 5) is 33.9. The Kier molecular flexibility index (Phi) is 6.70. The minimum absolute atomic E-state index is 0.120. The van der Waals surface area contributed by atoms with E-state index in [1.165, 1.54) is 48.5 Å². The molecule has 27 heavy (non-hydrogen) atoms. The molecule has 0 saturated heterocycles. The van der Waals surface area contributed by atoms with Crippen molar-refractivity contribution in [3.8, 4) is 0 Å². The lowest BCUT2D eigenvalue weighted by Gasteiger charge is -2.04. The van der Waals surface area contributed by atoms with Crippen molar-refractivity contribution in [2.24, 2.45) is 0 Å². The molecule has 2 rings (SSSR count). The third-order valence-electron chi connectivity index (χ3n) is 3.39. The van der Waals surface area contributed by atoms with E-state index in [1.54, 1.807) is 0 Å². The van der Waals surface area contributed by atoms with Gasteiger partial charge >= 0.3 is 11.7 Å². The van der Waals surface area contributed by atoms with Crippen molar-refractivity contribution in [3.05, 3.63) is 93.4 Å². The van der Waals surface area contributed by atoms with Crippen LogP contribution in [0.2, 0.25) is 0 Å². The molecule has 0 bridgehead atoms. The lowest BCUT2D eigenvalue weighted by molar-refractivity contribution is -0.430. The van der Waals surface area contributed by atoms with Crippen molar-refractivity contribution in [3.63, 3.8) is 0 Å². The van der Waals surface area contributed by atoms with Gasteiger partial charge in [0.05, 0.1) is 19.0 Å². The maximum atomic E-state index is 12.8. The molecule has 2 N–H and O–H groups in total. The maximum Gasteiger partial charge on any atom is 0.339 e. The molecule has 0 saturated carbocycles. The van der Waals surface area contributed by atoms with E-state index in [9.17, 15) is 28.5 Å². The van der Waals surface area contributed by atoms with Crippen molar-refractivity contribution in [1.82, 2.24) is 10.6 Å². The highest BCUT2D eigenvalue weighted by Crippen LogP contribution is 2.05. The Morgan fingerprint density at radius 2 is 1.33 bits per heavy atom. The number of benzene rings is 2. The molecular formula is C18H15F2N3O4. The summed E-state index contributed by atoms with van der Waals surface area (Å²) in [6, 6.07) is 10.3. The van der Waals surface area contributed by atoms with Gasteiger partial charge in [-0.2, -0.15) is 0 Å². The van der Waals surface area contributed by atoms with Gasteiger partial charge < -0.3 is 15.4 Å². The first kappa shape index (κ1) is 19.7. The van der Waals surface area contributed by atoms with E-state index >= 15 is 0 Å². The summed E-state index contributed by atoms with van der Waals surface area (Å²) < 4.78 is 25.7. The zero-order chi connectivity index (χ0) is 19.8. The normalized spacial score (nSPS) is 11.0. The van der Waals surface area contributed by atoms with Crippen LogP contribution in [0.4, 0.5) is 8.78 Å². The molecule has 0 radical (unpaired) electrons. The Morgan fingerprint density at radius 1 is 0.889 bits per heavy atom. The Hall–Kier alpha value is -3.62. The van der Waals surface area contributed by atoms with Crippen LogP contribution >= 0.6 is 0 Å². The molecule has 140 valence electrons. The number of hydrogen-bond acceptors (Lipinski definition) is 4. The zero-order valence-corrected chi connectivity index (χ0v) is 13.9. The molecule has 7 nitrogen and oxygen atoms in total. The van der Waals surface area contributed by atoms with E-state index in [2.05, 4.69) is 10.6 Å².